The van der Waals surface area contributed by atoms with Crippen molar-refractivity contribution < 1.29 is 9.53 Å². The molecule has 0 saturated carbocycles. The zero-order chi connectivity index (χ0) is 64.1. The number of nitrogens with zero attached hydrogens (tertiary/aromatic N) is 8. The normalized spacial score (nSPS) is 15.4. The SMILES string of the molecule is C=C(C)C(=O)OCCCCCCCCCCCn1cc(-c2cc3cc(c2)C(C#N)=Cc2cc(cc(C(C)(C)C)c2)/C(C#N)=C/c2cc(cc(C(C)(C)C)c2)/C(C#N)=C/c2cc(cc(C(C)(C)C)c2)/C(C#N)=C/c2cc(cc(C(C)(C)C)c2)/C(C#N)=C/3)nn1. The van der Waals surface area contributed by atoms with Crippen LogP contribution in [0.15, 0.2) is 109 Å². The molecule has 1 aromatic heterocycles. The molecule has 0 aliphatic heterocycles. The third-order valence-corrected chi connectivity index (χ3v) is 15.9. The topological polar surface area (TPSA) is 176 Å². The third kappa shape index (κ3) is 17.9. The molecule has 448 valence electrons. The molecular weight excluding hydrogens is 1080 g/mol. The van der Waals surface area contributed by atoms with Crippen LogP contribution < -0.4 is 0 Å². The number of hydrogen-bond acceptors (Lipinski definition) is 9. The number of hydrogen-bond donors (Lipinski definition) is 0. The average molecular weight is 1170 g/mol. The van der Waals surface area contributed by atoms with Crippen molar-refractivity contribution in [3.63, 3.8) is 0 Å². The quantitative estimate of drug-likeness (QED) is 0.0583. The summed E-state index contributed by atoms with van der Waals surface area (Å²) in [6, 6.07) is 42.6. The Hall–Kier alpha value is -9.40. The summed E-state index contributed by atoms with van der Waals surface area (Å²) in [6.45, 7) is 31.9. The molecule has 0 unspecified atom stereocenters. The molecule has 0 fully saturated rings. The van der Waals surface area contributed by atoms with Crippen LogP contribution in [-0.4, -0.2) is 27.6 Å². The van der Waals surface area contributed by atoms with Crippen LogP contribution in [-0.2, 0) is 37.7 Å². The number of aromatic nitrogens is 3. The zero-order valence-electron chi connectivity index (χ0n) is 54.0. The van der Waals surface area contributed by atoms with Gasteiger partial charge in [-0.25, -0.2) is 4.79 Å². The molecule has 0 saturated heterocycles. The lowest BCUT2D eigenvalue weighted by Crippen LogP contribution is -2.12. The molecule has 0 N–H and O–H groups in total. The van der Waals surface area contributed by atoms with Crippen LogP contribution in [0.1, 0.15) is 226 Å². The van der Waals surface area contributed by atoms with E-state index in [1.807, 2.05) is 108 Å². The lowest BCUT2D eigenvalue weighted by molar-refractivity contribution is -0.139. The van der Waals surface area contributed by atoms with Crippen molar-refractivity contribution in [2.24, 2.45) is 0 Å². The second kappa shape index (κ2) is 28.4. The molecule has 1 aliphatic rings. The minimum atomic E-state index is -0.347. The Kier molecular flexibility index (Phi) is 21.3. The van der Waals surface area contributed by atoms with Crippen molar-refractivity contribution in [3.05, 3.63) is 187 Å². The number of allylic oxidation sites excluding steroid dienone is 5. The Morgan fingerprint density at radius 2 is 0.705 bits per heavy atom. The molecule has 0 radical (unpaired) electrons. The van der Waals surface area contributed by atoms with Crippen molar-refractivity contribution in [2.75, 3.05) is 6.61 Å². The van der Waals surface area contributed by atoms with E-state index in [1.54, 1.807) is 6.92 Å². The van der Waals surface area contributed by atoms with Crippen molar-refractivity contribution in [2.45, 2.75) is 176 Å². The monoisotopic (exact) mass is 1160 g/mol. The van der Waals surface area contributed by atoms with Gasteiger partial charge in [0, 0.05) is 17.7 Å². The zero-order valence-corrected chi connectivity index (χ0v) is 54.0. The molecule has 10 nitrogen and oxygen atoms in total. The summed E-state index contributed by atoms with van der Waals surface area (Å²) < 4.78 is 7.08. The molecule has 1 heterocycles. The van der Waals surface area contributed by atoms with E-state index >= 15 is 0 Å². The van der Waals surface area contributed by atoms with Gasteiger partial charge in [-0.15, -0.1) is 5.10 Å². The van der Waals surface area contributed by atoms with E-state index in [0.717, 1.165) is 102 Å². The first-order valence-electron chi connectivity index (χ1n) is 30.7. The van der Waals surface area contributed by atoms with Crippen LogP contribution in [0.25, 0.3) is 69.5 Å². The summed E-state index contributed by atoms with van der Waals surface area (Å²) in [5.41, 5.74) is 13.2. The van der Waals surface area contributed by atoms with Gasteiger partial charge >= 0.3 is 5.97 Å². The Bertz CT molecular complexity index is 3990. The van der Waals surface area contributed by atoms with Crippen LogP contribution >= 0.6 is 0 Å². The van der Waals surface area contributed by atoms with Crippen LogP contribution in [0.3, 0.4) is 0 Å². The van der Waals surface area contributed by atoms with E-state index in [9.17, 15) is 31.1 Å². The fourth-order valence-electron chi connectivity index (χ4n) is 10.5. The number of carbonyl (C=O) groups is 1. The largest absolute Gasteiger partial charge is 0.462 e. The number of benzene rings is 5. The highest BCUT2D eigenvalue weighted by Gasteiger charge is 2.23. The van der Waals surface area contributed by atoms with E-state index in [0.29, 0.717) is 91.2 Å². The minimum Gasteiger partial charge on any atom is -0.462 e. The lowest BCUT2D eigenvalue weighted by atomic mass is 9.82. The molecule has 0 spiro atoms. The highest BCUT2D eigenvalue weighted by Crippen LogP contribution is 2.37. The Morgan fingerprint density at radius 3 is 1.01 bits per heavy atom. The fourth-order valence-corrected chi connectivity index (χ4v) is 10.5. The molecule has 0 atom stereocenters. The maximum absolute atomic E-state index is 11.6. The van der Waals surface area contributed by atoms with Crippen LogP contribution in [0.2, 0.25) is 0 Å². The first-order chi connectivity index (χ1) is 41.6. The maximum Gasteiger partial charge on any atom is 0.333 e. The molecule has 5 aromatic carbocycles. The van der Waals surface area contributed by atoms with Gasteiger partial charge in [0.1, 0.15) is 5.69 Å². The molecule has 7 rings (SSSR count). The van der Waals surface area contributed by atoms with Gasteiger partial charge in [-0.05, 0) is 216 Å². The molecular formula is C78H84N8O2. The molecule has 6 aromatic rings. The van der Waals surface area contributed by atoms with Gasteiger partial charge in [-0.3, -0.25) is 4.68 Å². The van der Waals surface area contributed by atoms with Gasteiger partial charge in [0.2, 0.25) is 0 Å². The minimum absolute atomic E-state index is 0.325. The van der Waals surface area contributed by atoms with E-state index in [-0.39, 0.29) is 27.6 Å². The maximum atomic E-state index is 11.6. The number of ether oxygens (including phenoxy) is 1. The Labute approximate surface area is 523 Å². The number of esters is 1. The number of carbonyl (C=O) groups excluding carboxylic acids is 1. The number of unbranched alkanes of at least 4 members (excludes halogenated alkanes) is 8. The number of fused-ring (bicyclic) bond motifs is 10. The molecule has 10 heteroatoms. The molecule has 88 heavy (non-hydrogen) atoms. The first-order valence-corrected chi connectivity index (χ1v) is 30.7. The van der Waals surface area contributed by atoms with Crippen molar-refractivity contribution in [1.29, 1.82) is 26.3 Å². The summed E-state index contributed by atoms with van der Waals surface area (Å²) in [5, 5.41) is 64.8. The predicted molar refractivity (Wildman–Crippen MR) is 361 cm³/mol. The molecule has 10 bridgehead atoms. The second-order valence-electron chi connectivity index (χ2n) is 27.5. The van der Waals surface area contributed by atoms with Crippen LogP contribution in [0.5, 0.6) is 0 Å². The highest BCUT2D eigenvalue weighted by atomic mass is 16.5. The van der Waals surface area contributed by atoms with E-state index in [1.165, 1.54) is 0 Å². The Morgan fingerprint density at radius 1 is 0.420 bits per heavy atom. The number of aryl methyl sites for hydroxylation is 1. The lowest BCUT2D eigenvalue weighted by Gasteiger charge is -2.22. The van der Waals surface area contributed by atoms with Gasteiger partial charge in [0.25, 0.3) is 0 Å². The molecule has 0 amide bonds. The van der Waals surface area contributed by atoms with Crippen molar-refractivity contribution in [3.8, 4) is 41.6 Å². The summed E-state index contributed by atoms with van der Waals surface area (Å²) in [6.07, 6.45) is 20.8. The first kappa shape index (κ1) is 66.1. The molecule has 1 aliphatic carbocycles. The summed E-state index contributed by atoms with van der Waals surface area (Å²) in [7, 11) is 0. The van der Waals surface area contributed by atoms with Gasteiger partial charge in [-0.1, -0.05) is 164 Å². The van der Waals surface area contributed by atoms with Crippen molar-refractivity contribution >= 4 is 64.2 Å². The second-order valence-corrected chi connectivity index (χ2v) is 27.5. The van der Waals surface area contributed by atoms with Gasteiger partial charge in [0.05, 0.1) is 71.0 Å². The van der Waals surface area contributed by atoms with Gasteiger partial charge < -0.3 is 4.74 Å². The smallest absolute Gasteiger partial charge is 0.333 e. The number of nitriles is 5. The van der Waals surface area contributed by atoms with Gasteiger partial charge in [0.15, 0.2) is 0 Å². The van der Waals surface area contributed by atoms with E-state index in [4.69, 9.17) is 4.74 Å². The summed E-state index contributed by atoms with van der Waals surface area (Å²) in [5.74, 6) is -0.325. The van der Waals surface area contributed by atoms with E-state index in [2.05, 4.69) is 155 Å². The average Bonchev–Trinajstić information content (AvgIpc) is 2.62. The Balaban J connectivity index is 1.39. The highest BCUT2D eigenvalue weighted by molar-refractivity contribution is 5.98. The third-order valence-electron chi connectivity index (χ3n) is 15.9. The van der Waals surface area contributed by atoms with Crippen LogP contribution in [0.4, 0.5) is 0 Å². The standard InChI is InChI=1S/C78H84N8O2/c1-52(2)74(87)88-25-23-21-19-17-15-16-18-20-22-24-86-51-73(84-85-86)63-31-53-26-58(41-63)64(46-79)33-54-27-60(43-69(37-54)75(3,4)5)66(48-81)35-56-29-62(45-71(39-56)77(9,10)11)68(50-83)36-57-30-61(44-72(40-57)78(12,13)14)67(49-82)34-55-28-59(65(32-53)47-80)42-70(38-55)76(6,7)8/h26-45,51H,1,15-25H2,2-14H3/b64-33?,65-32+,66-35+,67-34+,68-36+. The van der Waals surface area contributed by atoms with E-state index < -0.39 is 0 Å². The summed E-state index contributed by atoms with van der Waals surface area (Å²) >= 11 is 0. The number of rotatable bonds is 14. The van der Waals surface area contributed by atoms with Gasteiger partial charge in [-0.2, -0.15) is 26.3 Å². The van der Waals surface area contributed by atoms with Crippen LogP contribution in [0, 0.1) is 56.7 Å². The van der Waals surface area contributed by atoms with Crippen molar-refractivity contribution in [1.82, 2.24) is 15.0 Å². The summed E-state index contributed by atoms with van der Waals surface area (Å²) in [4.78, 5) is 11.6. The predicted octanol–water partition coefficient (Wildman–Crippen LogP) is 19.4. The fraction of sp³-hybridized carbons (Fsp3) is 0.359.